The normalized spacial score (nSPS) is 26.6. The number of hydrogen-bond donors (Lipinski definition) is 0. The first-order valence-electron chi connectivity index (χ1n) is 7.97. The minimum absolute atomic E-state index is 0.0250. The van der Waals surface area contributed by atoms with Gasteiger partial charge in [0.25, 0.3) is 10.2 Å². The average Bonchev–Trinajstić information content (AvgIpc) is 2.88. The number of hydrogen-bond acceptors (Lipinski definition) is 4. The highest BCUT2D eigenvalue weighted by Crippen LogP contribution is 2.33. The minimum atomic E-state index is -3.61. The summed E-state index contributed by atoms with van der Waals surface area (Å²) in [6.07, 6.45) is 1.54. The van der Waals surface area contributed by atoms with Gasteiger partial charge < -0.3 is 0 Å². The van der Waals surface area contributed by atoms with E-state index in [0.29, 0.717) is 19.5 Å². The van der Waals surface area contributed by atoms with Gasteiger partial charge in [-0.3, -0.25) is 0 Å². The lowest BCUT2D eigenvalue weighted by atomic mass is 9.97. The molecule has 4 rings (SSSR count). The summed E-state index contributed by atoms with van der Waals surface area (Å²) in [5.41, 5.74) is 0. The quantitative estimate of drug-likeness (QED) is 0.773. The predicted octanol–water partition coefficient (Wildman–Crippen LogP) is 0.578. The monoisotopic (exact) mass is 373 g/mol. The molecule has 1 aromatic rings. The van der Waals surface area contributed by atoms with Crippen LogP contribution in [0.4, 0.5) is 0 Å². The molecule has 0 spiro atoms. The molecule has 2 atom stereocenters. The maximum absolute atomic E-state index is 13.0. The van der Waals surface area contributed by atoms with Crippen LogP contribution in [0.1, 0.15) is 12.8 Å². The molecule has 3 heterocycles. The molecule has 0 N–H and O–H groups in total. The molecule has 3 fully saturated rings. The van der Waals surface area contributed by atoms with Crippen molar-refractivity contribution < 1.29 is 16.8 Å². The average molecular weight is 374 g/mol. The molecule has 0 aliphatic carbocycles. The van der Waals surface area contributed by atoms with Crippen molar-refractivity contribution in [2.45, 2.75) is 23.8 Å². The molecule has 3 aliphatic rings. The van der Waals surface area contributed by atoms with E-state index in [4.69, 9.17) is 0 Å². The van der Waals surface area contributed by atoms with Crippen LogP contribution in [0.5, 0.6) is 0 Å². The van der Waals surface area contributed by atoms with Gasteiger partial charge in [-0.25, -0.2) is 8.42 Å². The van der Waals surface area contributed by atoms with Crippen LogP contribution in [-0.4, -0.2) is 69.5 Å². The largest absolute Gasteiger partial charge is 0.281 e. The van der Waals surface area contributed by atoms with Gasteiger partial charge in [0, 0.05) is 39.8 Å². The third kappa shape index (κ3) is 3.11. The van der Waals surface area contributed by atoms with E-state index >= 15 is 0 Å². The van der Waals surface area contributed by atoms with Gasteiger partial charge in [0.2, 0.25) is 10.0 Å². The van der Waals surface area contributed by atoms with Gasteiger partial charge in [-0.05, 0) is 30.9 Å². The van der Waals surface area contributed by atoms with Gasteiger partial charge in [-0.1, -0.05) is 18.2 Å². The van der Waals surface area contributed by atoms with Gasteiger partial charge in [0.1, 0.15) is 0 Å². The van der Waals surface area contributed by atoms with Crippen molar-refractivity contribution in [1.29, 1.82) is 0 Å². The first-order chi connectivity index (χ1) is 11.2. The number of fused-ring (bicyclic) bond motifs is 4. The number of piperidine rings is 1. The zero-order valence-corrected chi connectivity index (χ0v) is 15.5. The number of benzene rings is 1. The minimum Gasteiger partial charge on any atom is -0.207 e. The Morgan fingerprint density at radius 2 is 1.62 bits per heavy atom. The summed E-state index contributed by atoms with van der Waals surface area (Å²) in [6, 6.07) is 8.03. The Bertz CT molecular complexity index is 793. The zero-order chi connectivity index (χ0) is 17.5. The first-order valence-corrected chi connectivity index (χ1v) is 10.8. The zero-order valence-electron chi connectivity index (χ0n) is 13.9. The number of rotatable bonds is 4. The van der Waals surface area contributed by atoms with E-state index in [1.807, 2.05) is 0 Å². The van der Waals surface area contributed by atoms with E-state index in [2.05, 4.69) is 0 Å². The molecule has 0 amide bonds. The highest BCUT2D eigenvalue weighted by molar-refractivity contribution is 7.89. The fraction of sp³-hybridized carbons (Fsp3) is 0.600. The third-order valence-corrected chi connectivity index (χ3v) is 8.57. The second kappa shape index (κ2) is 6.38. The van der Waals surface area contributed by atoms with Crippen molar-refractivity contribution in [3.05, 3.63) is 30.3 Å². The van der Waals surface area contributed by atoms with E-state index in [1.165, 1.54) is 27.0 Å². The molecule has 3 aliphatic heterocycles. The van der Waals surface area contributed by atoms with Crippen LogP contribution < -0.4 is 0 Å². The summed E-state index contributed by atoms with van der Waals surface area (Å²) < 4.78 is 55.0. The van der Waals surface area contributed by atoms with Crippen LogP contribution in [0.25, 0.3) is 0 Å². The Kier molecular flexibility index (Phi) is 4.73. The number of nitrogens with zero attached hydrogens (tertiary/aromatic N) is 3. The van der Waals surface area contributed by atoms with Crippen LogP contribution in [0.3, 0.4) is 0 Å². The van der Waals surface area contributed by atoms with Crippen LogP contribution >= 0.6 is 0 Å². The van der Waals surface area contributed by atoms with Gasteiger partial charge in [-0.2, -0.15) is 21.3 Å². The molecule has 1 aromatic carbocycles. The number of sulfonamides is 1. The smallest absolute Gasteiger partial charge is 0.207 e. The topological polar surface area (TPSA) is 78.0 Å². The van der Waals surface area contributed by atoms with E-state index < -0.39 is 20.2 Å². The molecule has 24 heavy (non-hydrogen) atoms. The molecule has 3 saturated heterocycles. The molecule has 0 unspecified atom stereocenters. The summed E-state index contributed by atoms with van der Waals surface area (Å²) in [6.45, 7) is 0.961. The summed E-state index contributed by atoms with van der Waals surface area (Å²) in [5.74, 6) is 0.0250. The maximum atomic E-state index is 13.0. The van der Waals surface area contributed by atoms with Crippen LogP contribution in [-0.2, 0) is 20.2 Å². The van der Waals surface area contributed by atoms with Crippen molar-refractivity contribution >= 4 is 20.2 Å². The molecular formula is C15H23N3O4S2. The fourth-order valence-electron chi connectivity index (χ4n) is 3.44. The van der Waals surface area contributed by atoms with Crippen LogP contribution in [0, 0.1) is 5.92 Å². The lowest BCUT2D eigenvalue weighted by Crippen LogP contribution is -2.48. The maximum Gasteiger partial charge on any atom is 0.281 e. The van der Waals surface area contributed by atoms with Gasteiger partial charge in [0.15, 0.2) is 0 Å². The van der Waals surface area contributed by atoms with Crippen molar-refractivity contribution in [2.24, 2.45) is 5.92 Å². The molecule has 0 saturated carbocycles. The highest BCUT2D eigenvalue weighted by atomic mass is 32.2. The molecule has 0 radical (unpaired) electrons. The van der Waals surface area contributed by atoms with Gasteiger partial charge >= 0.3 is 0 Å². The van der Waals surface area contributed by atoms with Crippen molar-refractivity contribution in [2.75, 3.05) is 33.7 Å². The Labute approximate surface area is 144 Å². The predicted molar refractivity (Wildman–Crippen MR) is 91.0 cm³/mol. The summed E-state index contributed by atoms with van der Waals surface area (Å²) in [7, 11) is -4.14. The Morgan fingerprint density at radius 3 is 2.25 bits per heavy atom. The van der Waals surface area contributed by atoms with Crippen LogP contribution in [0.15, 0.2) is 35.2 Å². The Balaban J connectivity index is 1.92. The second-order valence-electron chi connectivity index (χ2n) is 6.59. The molecular weight excluding hydrogens is 350 g/mol. The van der Waals surface area contributed by atoms with E-state index in [0.717, 1.165) is 6.42 Å². The van der Waals surface area contributed by atoms with E-state index in [-0.39, 0.29) is 23.4 Å². The SMILES string of the molecule is CN(C)S(=O)(=O)N1C[C@H]2CC[C@@H](C1)N(S(=O)(=O)c1ccccc1)C2. The van der Waals surface area contributed by atoms with E-state index in [1.54, 1.807) is 30.3 Å². The van der Waals surface area contributed by atoms with Crippen LogP contribution in [0.2, 0.25) is 0 Å². The third-order valence-electron chi connectivity index (χ3n) is 4.77. The molecule has 7 nitrogen and oxygen atoms in total. The van der Waals surface area contributed by atoms with Crippen molar-refractivity contribution in [3.8, 4) is 0 Å². The lowest BCUT2D eigenvalue weighted by molar-refractivity contribution is 0.230. The van der Waals surface area contributed by atoms with Gasteiger partial charge in [0.05, 0.1) is 4.90 Å². The molecule has 0 aromatic heterocycles. The molecule has 2 bridgehead atoms. The van der Waals surface area contributed by atoms with Crippen molar-refractivity contribution in [1.82, 2.24) is 12.9 Å². The van der Waals surface area contributed by atoms with E-state index in [9.17, 15) is 16.8 Å². The second-order valence-corrected chi connectivity index (χ2v) is 10.6. The Morgan fingerprint density at radius 1 is 0.958 bits per heavy atom. The molecule has 9 heteroatoms. The lowest BCUT2D eigenvalue weighted by Gasteiger charge is -2.35. The summed E-state index contributed by atoms with van der Waals surface area (Å²) in [5, 5.41) is 0. The van der Waals surface area contributed by atoms with Gasteiger partial charge in [-0.15, -0.1) is 0 Å². The molecule has 134 valence electrons. The van der Waals surface area contributed by atoms with Crippen molar-refractivity contribution in [3.63, 3.8) is 0 Å². The standard InChI is InChI=1S/C15H23N3O4S2/c1-16(2)24(21,22)17-10-13-8-9-14(12-17)18(11-13)23(19,20)15-6-4-3-5-7-15/h3-7,13-14H,8-12H2,1-2H3/t13-,14+/m1/s1. The Hall–Kier alpha value is -1.00. The summed E-state index contributed by atoms with van der Waals surface area (Å²) in [4.78, 5) is 0.263. The first kappa shape index (κ1) is 17.8. The summed E-state index contributed by atoms with van der Waals surface area (Å²) >= 11 is 0. The highest BCUT2D eigenvalue weighted by Gasteiger charge is 2.44. The fourth-order valence-corrected chi connectivity index (χ4v) is 6.40.